The minimum Gasteiger partial charge on any atom is -0.457 e. The van der Waals surface area contributed by atoms with Gasteiger partial charge in [0.2, 0.25) is 10.0 Å². The van der Waals surface area contributed by atoms with Crippen LogP contribution in [0.2, 0.25) is 0 Å². The molecule has 8 nitrogen and oxygen atoms in total. The van der Waals surface area contributed by atoms with Crippen LogP contribution in [0.15, 0.2) is 92.8 Å². The summed E-state index contributed by atoms with van der Waals surface area (Å²) in [7, 11) is -3.81. The third kappa shape index (κ3) is 4.45. The maximum atomic E-state index is 13.2. The van der Waals surface area contributed by atoms with Gasteiger partial charge in [0.1, 0.15) is 23.2 Å². The van der Waals surface area contributed by atoms with Crippen LogP contribution in [0.5, 0.6) is 0 Å². The molecule has 0 aliphatic carbocycles. The van der Waals surface area contributed by atoms with E-state index in [2.05, 4.69) is 0 Å². The molecule has 2 aromatic carbocycles. The molecular formula is C25H19N3O5S. The van der Waals surface area contributed by atoms with Gasteiger partial charge in [-0.05, 0) is 60.5 Å². The van der Waals surface area contributed by atoms with Gasteiger partial charge >= 0.3 is 0 Å². The lowest BCUT2D eigenvalue weighted by Gasteiger charge is -2.27. The van der Waals surface area contributed by atoms with Crippen LogP contribution in [0, 0.1) is 11.3 Å². The second-order valence-electron chi connectivity index (χ2n) is 7.62. The predicted molar refractivity (Wildman–Crippen MR) is 124 cm³/mol. The fraction of sp³-hybridized carbons (Fsp3) is 0.0800. The van der Waals surface area contributed by atoms with E-state index in [1.807, 2.05) is 12.1 Å². The van der Waals surface area contributed by atoms with E-state index in [1.54, 1.807) is 55.5 Å². The average molecular weight is 474 g/mol. The zero-order chi connectivity index (χ0) is 24.5. The Labute approximate surface area is 196 Å². The van der Waals surface area contributed by atoms with Crippen molar-refractivity contribution in [2.45, 2.75) is 18.4 Å². The molecule has 34 heavy (non-hydrogen) atoms. The molecule has 4 rings (SSSR count). The van der Waals surface area contributed by atoms with Crippen molar-refractivity contribution < 1.29 is 22.4 Å². The Morgan fingerprint density at radius 2 is 1.68 bits per heavy atom. The van der Waals surface area contributed by atoms with Gasteiger partial charge in [0.15, 0.2) is 0 Å². The van der Waals surface area contributed by atoms with Crippen molar-refractivity contribution in [1.82, 2.24) is 4.90 Å². The van der Waals surface area contributed by atoms with Crippen molar-refractivity contribution in [2.75, 3.05) is 0 Å². The third-order valence-electron chi connectivity index (χ3n) is 5.39. The fourth-order valence-electron chi connectivity index (χ4n) is 3.58. The van der Waals surface area contributed by atoms with Crippen molar-refractivity contribution in [3.05, 3.63) is 94.8 Å². The zero-order valence-electron chi connectivity index (χ0n) is 18.1. The molecule has 3 aromatic rings. The van der Waals surface area contributed by atoms with E-state index in [4.69, 9.17) is 9.56 Å². The quantitative estimate of drug-likeness (QED) is 0.446. The van der Waals surface area contributed by atoms with Crippen molar-refractivity contribution in [2.24, 2.45) is 5.14 Å². The van der Waals surface area contributed by atoms with Gasteiger partial charge in [-0.15, -0.1) is 0 Å². The van der Waals surface area contributed by atoms with Gasteiger partial charge in [-0.1, -0.05) is 30.3 Å². The summed E-state index contributed by atoms with van der Waals surface area (Å²) >= 11 is 0. The molecule has 9 heteroatoms. The molecule has 0 saturated heterocycles. The Morgan fingerprint density at radius 1 is 1.00 bits per heavy atom. The lowest BCUT2D eigenvalue weighted by molar-refractivity contribution is -0.141. The smallest absolute Gasteiger partial charge is 0.271 e. The van der Waals surface area contributed by atoms with E-state index < -0.39 is 21.8 Å². The third-order valence-corrected chi connectivity index (χ3v) is 6.32. The molecular weight excluding hydrogens is 454 g/mol. The highest BCUT2D eigenvalue weighted by Gasteiger charge is 2.35. The molecule has 0 saturated carbocycles. The molecule has 0 bridgehead atoms. The molecule has 170 valence electrons. The number of furan rings is 1. The topological polar surface area (TPSA) is 134 Å². The van der Waals surface area contributed by atoms with Gasteiger partial charge in [0.25, 0.3) is 11.8 Å². The predicted octanol–water partition coefficient (Wildman–Crippen LogP) is 3.39. The van der Waals surface area contributed by atoms with E-state index in [0.717, 1.165) is 10.5 Å². The van der Waals surface area contributed by atoms with Crippen LogP contribution in [0.4, 0.5) is 0 Å². The second kappa shape index (κ2) is 8.94. The summed E-state index contributed by atoms with van der Waals surface area (Å²) in [4.78, 5) is 27.0. The number of carbonyl (C=O) groups excluding carboxylic acids is 2. The van der Waals surface area contributed by atoms with Gasteiger partial charge in [-0.2, -0.15) is 5.26 Å². The SMILES string of the molecule is CC1=C(C#N)C(=O)N(Cc2ccccc2)C(=O)/C1=C/c1ccc(-c2ccc(S(N)(=O)=O)cc2)o1. The Bertz CT molecular complexity index is 1490. The van der Waals surface area contributed by atoms with Gasteiger partial charge in [0, 0.05) is 11.1 Å². The highest BCUT2D eigenvalue weighted by atomic mass is 32.2. The van der Waals surface area contributed by atoms with Crippen LogP contribution in [0.3, 0.4) is 0 Å². The number of amides is 2. The molecule has 2 N–H and O–H groups in total. The summed E-state index contributed by atoms with van der Waals surface area (Å²) in [5.74, 6) is -0.392. The number of benzene rings is 2. The maximum absolute atomic E-state index is 13.2. The number of sulfonamides is 1. The second-order valence-corrected chi connectivity index (χ2v) is 9.18. The number of nitrogens with two attached hydrogens (primary N) is 1. The van der Waals surface area contributed by atoms with Gasteiger partial charge in [-0.25, -0.2) is 13.6 Å². The largest absolute Gasteiger partial charge is 0.457 e. The molecule has 1 aromatic heterocycles. The Balaban J connectivity index is 1.68. The number of nitrogens with zero attached hydrogens (tertiary/aromatic N) is 2. The van der Waals surface area contributed by atoms with Gasteiger partial charge < -0.3 is 4.42 Å². The Morgan fingerprint density at radius 3 is 2.29 bits per heavy atom. The number of hydrogen-bond donors (Lipinski definition) is 1. The van der Waals surface area contributed by atoms with Crippen LogP contribution in [0.25, 0.3) is 17.4 Å². The summed E-state index contributed by atoms with van der Waals surface area (Å²) in [5, 5.41) is 14.7. The Hall–Kier alpha value is -4.26. The minimum atomic E-state index is -3.81. The first-order chi connectivity index (χ1) is 16.2. The summed E-state index contributed by atoms with van der Waals surface area (Å²) < 4.78 is 28.7. The first-order valence-electron chi connectivity index (χ1n) is 10.2. The maximum Gasteiger partial charge on any atom is 0.271 e. The summed E-state index contributed by atoms with van der Waals surface area (Å²) in [6.45, 7) is 1.59. The number of carbonyl (C=O) groups is 2. The molecule has 2 amide bonds. The van der Waals surface area contributed by atoms with E-state index in [1.165, 1.54) is 18.2 Å². The van der Waals surface area contributed by atoms with Gasteiger partial charge in [0.05, 0.1) is 11.4 Å². The molecule has 1 aliphatic heterocycles. The van der Waals surface area contributed by atoms with Crippen molar-refractivity contribution >= 4 is 27.9 Å². The highest BCUT2D eigenvalue weighted by Crippen LogP contribution is 2.30. The molecule has 1 aliphatic rings. The van der Waals surface area contributed by atoms with Crippen molar-refractivity contribution in [1.29, 1.82) is 5.26 Å². The monoisotopic (exact) mass is 473 g/mol. The van der Waals surface area contributed by atoms with Crippen LogP contribution in [-0.2, 0) is 26.2 Å². The summed E-state index contributed by atoms with van der Waals surface area (Å²) in [6.07, 6.45) is 1.49. The molecule has 0 radical (unpaired) electrons. The number of imide groups is 1. The van der Waals surface area contributed by atoms with Crippen LogP contribution in [-0.4, -0.2) is 25.1 Å². The normalized spacial score (nSPS) is 15.7. The number of primary sulfonamides is 1. The number of rotatable bonds is 5. The fourth-order valence-corrected chi connectivity index (χ4v) is 4.09. The minimum absolute atomic E-state index is 0.0223. The van der Waals surface area contributed by atoms with E-state index >= 15 is 0 Å². The van der Waals surface area contributed by atoms with Crippen LogP contribution >= 0.6 is 0 Å². The van der Waals surface area contributed by atoms with E-state index in [9.17, 15) is 23.3 Å². The number of nitriles is 1. The van der Waals surface area contributed by atoms with Crippen molar-refractivity contribution in [3.63, 3.8) is 0 Å². The lowest BCUT2D eigenvalue weighted by Crippen LogP contribution is -2.42. The van der Waals surface area contributed by atoms with E-state index in [0.29, 0.717) is 17.1 Å². The van der Waals surface area contributed by atoms with Gasteiger partial charge in [-0.3, -0.25) is 14.5 Å². The lowest BCUT2D eigenvalue weighted by atomic mass is 9.94. The van der Waals surface area contributed by atoms with Crippen molar-refractivity contribution in [3.8, 4) is 17.4 Å². The van der Waals surface area contributed by atoms with Crippen LogP contribution in [0.1, 0.15) is 18.2 Å². The average Bonchev–Trinajstić information content (AvgIpc) is 3.29. The first kappa shape index (κ1) is 22.9. The summed E-state index contributed by atoms with van der Waals surface area (Å²) in [6, 6.07) is 20.1. The van der Waals surface area contributed by atoms with Crippen LogP contribution < -0.4 is 5.14 Å². The number of hydrogen-bond acceptors (Lipinski definition) is 6. The molecule has 0 unspecified atom stereocenters. The first-order valence-corrected chi connectivity index (χ1v) is 11.7. The molecule has 0 spiro atoms. The Kier molecular flexibility index (Phi) is 6.03. The zero-order valence-corrected chi connectivity index (χ0v) is 18.9. The van der Waals surface area contributed by atoms with E-state index in [-0.39, 0.29) is 28.2 Å². The standard InChI is InChI=1S/C25H19N3O5S/c1-16-21(24(29)28(25(30)22(16)14-26)15-17-5-3-2-4-6-17)13-19-9-12-23(33-19)18-7-10-20(11-8-18)34(27,31)32/h2-13H,15H2,1H3,(H2,27,31,32)/b21-13+. The molecule has 0 atom stereocenters. The molecule has 2 heterocycles. The summed E-state index contributed by atoms with van der Waals surface area (Å²) in [5.41, 5.74) is 1.71. The highest BCUT2D eigenvalue weighted by molar-refractivity contribution is 7.89. The molecule has 0 fully saturated rings.